The molecular formula is C18H21FN2O4. The Hall–Kier alpha value is -1.83. The van der Waals surface area contributed by atoms with Gasteiger partial charge in [0.25, 0.3) is 5.91 Å². The molecule has 0 bridgehead atoms. The molecule has 3 heterocycles. The van der Waals surface area contributed by atoms with E-state index in [0.29, 0.717) is 39.1 Å². The van der Waals surface area contributed by atoms with Crippen LogP contribution in [-0.2, 0) is 19.1 Å². The van der Waals surface area contributed by atoms with E-state index < -0.39 is 17.6 Å². The Morgan fingerprint density at radius 1 is 1.16 bits per heavy atom. The van der Waals surface area contributed by atoms with Crippen LogP contribution in [0.15, 0.2) is 18.2 Å². The molecule has 1 aromatic carbocycles. The van der Waals surface area contributed by atoms with E-state index in [9.17, 15) is 14.0 Å². The minimum absolute atomic E-state index is 0.0408. The van der Waals surface area contributed by atoms with E-state index in [1.807, 2.05) is 4.90 Å². The highest BCUT2D eigenvalue weighted by atomic mass is 19.1. The highest BCUT2D eigenvalue weighted by molar-refractivity contribution is 6.22. The Kier molecular flexibility index (Phi) is 4.10. The number of piperidine rings is 1. The number of carbonyl (C=O) groups excluding carboxylic acids is 2. The smallest absolute Gasteiger partial charge is 0.251 e. The van der Waals surface area contributed by atoms with Gasteiger partial charge in [0.05, 0.1) is 31.4 Å². The molecule has 4 rings (SSSR count). The maximum absolute atomic E-state index is 14.2. The van der Waals surface area contributed by atoms with E-state index >= 15 is 0 Å². The van der Waals surface area contributed by atoms with Crippen molar-refractivity contribution in [1.29, 1.82) is 0 Å². The average Bonchev–Trinajstić information content (AvgIpc) is 3.15. The van der Waals surface area contributed by atoms with Crippen LogP contribution < -0.4 is 4.90 Å². The second-order valence-corrected chi connectivity index (χ2v) is 6.89. The molecule has 3 fully saturated rings. The number of ether oxygens (including phenoxy) is 2. The zero-order valence-electron chi connectivity index (χ0n) is 14.2. The lowest BCUT2D eigenvalue weighted by molar-refractivity contribution is -0.188. The van der Waals surface area contributed by atoms with Crippen LogP contribution in [0, 0.1) is 12.7 Å². The van der Waals surface area contributed by atoms with Crippen molar-refractivity contribution in [3.63, 3.8) is 0 Å². The Labute approximate surface area is 145 Å². The van der Waals surface area contributed by atoms with Gasteiger partial charge >= 0.3 is 0 Å². The van der Waals surface area contributed by atoms with Crippen molar-refractivity contribution >= 4 is 17.5 Å². The quantitative estimate of drug-likeness (QED) is 0.760. The monoisotopic (exact) mass is 348 g/mol. The molecule has 1 atom stereocenters. The van der Waals surface area contributed by atoms with E-state index in [2.05, 4.69) is 0 Å². The Morgan fingerprint density at radius 3 is 2.48 bits per heavy atom. The standard InChI is InChI=1S/C18H21FN2O4/c1-12-2-3-14(13(19)10-12)21-16(22)11-15(17(21)23)20-6-4-18(5-7-20)24-8-9-25-18/h2-3,10,15H,4-9,11H2,1H3. The van der Waals surface area contributed by atoms with Crippen LogP contribution in [0.5, 0.6) is 0 Å². The number of rotatable bonds is 2. The van der Waals surface area contributed by atoms with E-state index in [1.54, 1.807) is 13.0 Å². The van der Waals surface area contributed by atoms with Crippen molar-refractivity contribution in [2.75, 3.05) is 31.2 Å². The van der Waals surface area contributed by atoms with Gasteiger partial charge in [-0.1, -0.05) is 6.07 Å². The molecule has 7 heteroatoms. The molecule has 0 aliphatic carbocycles. The highest BCUT2D eigenvalue weighted by Crippen LogP contribution is 2.35. The number of anilines is 1. The molecule has 1 aromatic rings. The van der Waals surface area contributed by atoms with Crippen LogP contribution in [-0.4, -0.2) is 54.8 Å². The average molecular weight is 348 g/mol. The minimum Gasteiger partial charge on any atom is -0.347 e. The number of halogens is 1. The Bertz CT molecular complexity index is 707. The first-order chi connectivity index (χ1) is 12.0. The first kappa shape index (κ1) is 16.6. The first-order valence-electron chi connectivity index (χ1n) is 8.64. The summed E-state index contributed by atoms with van der Waals surface area (Å²) in [6.45, 7) is 4.20. The SMILES string of the molecule is Cc1ccc(N2C(=O)CC(N3CCC4(CC3)OCCO4)C2=O)c(F)c1. The predicted molar refractivity (Wildman–Crippen MR) is 87.5 cm³/mol. The van der Waals surface area contributed by atoms with Crippen molar-refractivity contribution in [2.45, 2.75) is 38.0 Å². The van der Waals surface area contributed by atoms with Crippen LogP contribution >= 0.6 is 0 Å². The third-order valence-corrected chi connectivity index (χ3v) is 5.28. The van der Waals surface area contributed by atoms with Crippen LogP contribution in [0.1, 0.15) is 24.8 Å². The molecule has 134 valence electrons. The third kappa shape index (κ3) is 2.86. The van der Waals surface area contributed by atoms with E-state index in [4.69, 9.17) is 9.47 Å². The summed E-state index contributed by atoms with van der Waals surface area (Å²) in [6.07, 6.45) is 1.43. The first-order valence-corrected chi connectivity index (χ1v) is 8.64. The Morgan fingerprint density at radius 2 is 1.84 bits per heavy atom. The molecule has 2 amide bonds. The van der Waals surface area contributed by atoms with Crippen LogP contribution in [0.25, 0.3) is 0 Å². The second kappa shape index (κ2) is 6.16. The number of hydrogen-bond donors (Lipinski definition) is 0. The summed E-state index contributed by atoms with van der Waals surface area (Å²) in [6, 6.07) is 4.00. The number of benzene rings is 1. The van der Waals surface area contributed by atoms with Crippen molar-refractivity contribution in [2.24, 2.45) is 0 Å². The van der Waals surface area contributed by atoms with E-state index in [-0.39, 0.29) is 23.9 Å². The molecule has 3 saturated heterocycles. The fourth-order valence-electron chi connectivity index (χ4n) is 3.91. The highest BCUT2D eigenvalue weighted by Gasteiger charge is 2.47. The van der Waals surface area contributed by atoms with Crippen LogP contribution in [0.2, 0.25) is 0 Å². The number of aryl methyl sites for hydroxylation is 1. The minimum atomic E-state index is -0.548. The topological polar surface area (TPSA) is 59.1 Å². The molecule has 6 nitrogen and oxygen atoms in total. The molecular weight excluding hydrogens is 327 g/mol. The molecule has 25 heavy (non-hydrogen) atoms. The number of likely N-dealkylation sites (tertiary alicyclic amines) is 1. The van der Waals surface area contributed by atoms with E-state index in [0.717, 1.165) is 10.5 Å². The maximum Gasteiger partial charge on any atom is 0.251 e. The summed E-state index contributed by atoms with van der Waals surface area (Å²) in [5.41, 5.74) is 0.786. The molecule has 1 unspecified atom stereocenters. The fourth-order valence-corrected chi connectivity index (χ4v) is 3.91. The molecule has 1 spiro atoms. The van der Waals surface area contributed by atoms with Gasteiger partial charge in [-0.3, -0.25) is 14.5 Å². The fraction of sp³-hybridized carbons (Fsp3) is 0.556. The lowest BCUT2D eigenvalue weighted by Gasteiger charge is -2.39. The number of amides is 2. The van der Waals surface area contributed by atoms with Crippen molar-refractivity contribution in [3.05, 3.63) is 29.6 Å². The van der Waals surface area contributed by atoms with Gasteiger partial charge in [0.15, 0.2) is 5.79 Å². The zero-order chi connectivity index (χ0) is 17.6. The predicted octanol–water partition coefficient (Wildman–Crippen LogP) is 1.60. The molecule has 0 saturated carbocycles. The number of imide groups is 1. The molecule has 0 radical (unpaired) electrons. The van der Waals surface area contributed by atoms with Crippen LogP contribution in [0.3, 0.4) is 0 Å². The van der Waals surface area contributed by atoms with Gasteiger partial charge in [0.1, 0.15) is 5.82 Å². The van der Waals surface area contributed by atoms with Crippen molar-refractivity contribution < 1.29 is 23.5 Å². The van der Waals surface area contributed by atoms with Gasteiger partial charge in [-0.05, 0) is 24.6 Å². The lowest BCUT2D eigenvalue weighted by Crippen LogP contribution is -2.51. The van der Waals surface area contributed by atoms with Crippen LogP contribution in [0.4, 0.5) is 10.1 Å². The van der Waals surface area contributed by atoms with Crippen molar-refractivity contribution in [3.8, 4) is 0 Å². The summed E-state index contributed by atoms with van der Waals surface area (Å²) < 4.78 is 25.6. The van der Waals surface area contributed by atoms with Gasteiger partial charge in [0.2, 0.25) is 5.91 Å². The Balaban J connectivity index is 1.50. The summed E-state index contributed by atoms with van der Waals surface area (Å²) in [5.74, 6) is -1.78. The van der Waals surface area contributed by atoms with Gasteiger partial charge in [-0.25, -0.2) is 9.29 Å². The summed E-state index contributed by atoms with van der Waals surface area (Å²) in [5, 5.41) is 0. The number of carbonyl (C=O) groups is 2. The maximum atomic E-state index is 14.2. The number of hydrogen-bond acceptors (Lipinski definition) is 5. The molecule has 0 aromatic heterocycles. The molecule has 0 N–H and O–H groups in total. The van der Waals surface area contributed by atoms with Gasteiger partial charge in [0, 0.05) is 25.9 Å². The third-order valence-electron chi connectivity index (χ3n) is 5.28. The number of nitrogens with zero attached hydrogens (tertiary/aromatic N) is 2. The van der Waals surface area contributed by atoms with Gasteiger partial charge in [-0.15, -0.1) is 0 Å². The summed E-state index contributed by atoms with van der Waals surface area (Å²) in [7, 11) is 0. The van der Waals surface area contributed by atoms with E-state index in [1.165, 1.54) is 12.1 Å². The largest absolute Gasteiger partial charge is 0.347 e. The van der Waals surface area contributed by atoms with Gasteiger partial charge in [-0.2, -0.15) is 0 Å². The zero-order valence-corrected chi connectivity index (χ0v) is 14.2. The normalized spacial score (nSPS) is 26.8. The summed E-state index contributed by atoms with van der Waals surface area (Å²) in [4.78, 5) is 28.2. The molecule has 3 aliphatic rings. The van der Waals surface area contributed by atoms with Gasteiger partial charge < -0.3 is 9.47 Å². The second-order valence-electron chi connectivity index (χ2n) is 6.89. The summed E-state index contributed by atoms with van der Waals surface area (Å²) >= 11 is 0. The molecule has 3 aliphatic heterocycles. The lowest BCUT2D eigenvalue weighted by atomic mass is 10.0. The van der Waals surface area contributed by atoms with Crippen molar-refractivity contribution in [1.82, 2.24) is 4.90 Å².